The fourth-order valence-corrected chi connectivity index (χ4v) is 7.14. The van der Waals surface area contributed by atoms with Crippen molar-refractivity contribution in [1.82, 2.24) is 24.2 Å². The maximum absolute atomic E-state index is 13.3. The Hall–Kier alpha value is -4.05. The summed E-state index contributed by atoms with van der Waals surface area (Å²) >= 11 is 0. The number of nitrogens with zero attached hydrogens (tertiary/aromatic N) is 5. The molecule has 47 heavy (non-hydrogen) atoms. The van der Waals surface area contributed by atoms with Gasteiger partial charge in [0.1, 0.15) is 0 Å². The second-order valence-electron chi connectivity index (χ2n) is 13.4. The van der Waals surface area contributed by atoms with E-state index >= 15 is 0 Å². The molecule has 9 nitrogen and oxygen atoms in total. The number of ether oxygens (including phenoxy) is 2. The molecule has 0 radical (unpaired) electrons. The summed E-state index contributed by atoms with van der Waals surface area (Å²) in [6.45, 7) is 15.9. The summed E-state index contributed by atoms with van der Waals surface area (Å²) in [7, 11) is 2.21. The Bertz CT molecular complexity index is 1700. The minimum Gasteiger partial charge on any atom is -0.454 e. The first-order chi connectivity index (χ1) is 22.9. The zero-order valence-corrected chi connectivity index (χ0v) is 28.1. The molecule has 0 unspecified atom stereocenters. The summed E-state index contributed by atoms with van der Waals surface area (Å²) in [5.41, 5.74) is 8.03. The maximum Gasteiger partial charge on any atom is 0.253 e. The van der Waals surface area contributed by atoms with Crippen molar-refractivity contribution >= 4 is 28.2 Å². The lowest BCUT2D eigenvalue weighted by Crippen LogP contribution is -2.49. The van der Waals surface area contributed by atoms with Crippen molar-refractivity contribution in [2.75, 3.05) is 84.6 Å². The highest BCUT2D eigenvalue weighted by Crippen LogP contribution is 2.33. The van der Waals surface area contributed by atoms with Crippen LogP contribution < -0.4 is 14.8 Å². The average Bonchev–Trinajstić information content (AvgIpc) is 3.66. The van der Waals surface area contributed by atoms with E-state index in [-0.39, 0.29) is 5.91 Å². The Morgan fingerprint density at radius 3 is 2.23 bits per heavy atom. The van der Waals surface area contributed by atoms with Crippen LogP contribution >= 0.6 is 0 Å². The molecule has 3 aliphatic rings. The molecule has 9 heteroatoms. The summed E-state index contributed by atoms with van der Waals surface area (Å²) in [6, 6.07) is 20.8. The van der Waals surface area contributed by atoms with E-state index in [1.165, 1.54) is 53.9 Å². The maximum atomic E-state index is 13.3. The molecule has 1 aromatic heterocycles. The molecule has 3 aromatic carbocycles. The molecule has 0 spiro atoms. The average molecular weight is 637 g/mol. The van der Waals surface area contributed by atoms with Gasteiger partial charge in [-0.05, 0) is 106 Å². The zero-order chi connectivity index (χ0) is 32.3. The number of amides is 1. The van der Waals surface area contributed by atoms with E-state index in [9.17, 15) is 4.79 Å². The quantitative estimate of drug-likeness (QED) is 0.251. The largest absolute Gasteiger partial charge is 0.454 e. The summed E-state index contributed by atoms with van der Waals surface area (Å²) in [6.07, 6.45) is 2.12. The van der Waals surface area contributed by atoms with Crippen LogP contribution in [-0.2, 0) is 13.0 Å². The van der Waals surface area contributed by atoms with Gasteiger partial charge in [0, 0.05) is 99.0 Å². The molecule has 248 valence electrons. The van der Waals surface area contributed by atoms with Crippen molar-refractivity contribution in [1.29, 1.82) is 0 Å². The van der Waals surface area contributed by atoms with Crippen LogP contribution in [0.3, 0.4) is 0 Å². The number of aryl methyl sites for hydroxylation is 2. The third-order valence-electron chi connectivity index (χ3n) is 10.3. The number of carbonyl (C=O) groups excluding carboxylic acids is 1. The van der Waals surface area contributed by atoms with E-state index in [2.05, 4.69) is 75.8 Å². The van der Waals surface area contributed by atoms with E-state index < -0.39 is 0 Å². The monoisotopic (exact) mass is 636 g/mol. The van der Waals surface area contributed by atoms with Gasteiger partial charge >= 0.3 is 0 Å². The number of likely N-dealkylation sites (N-methyl/N-ethyl adjacent to an activating group) is 1. The summed E-state index contributed by atoms with van der Waals surface area (Å²) in [4.78, 5) is 22.7. The van der Waals surface area contributed by atoms with Gasteiger partial charge in [0.2, 0.25) is 6.79 Å². The van der Waals surface area contributed by atoms with Crippen LogP contribution in [0.2, 0.25) is 0 Å². The van der Waals surface area contributed by atoms with E-state index in [0.717, 1.165) is 87.1 Å². The number of anilines is 2. The van der Waals surface area contributed by atoms with Gasteiger partial charge in [-0.3, -0.25) is 9.69 Å². The van der Waals surface area contributed by atoms with E-state index in [0.29, 0.717) is 6.79 Å². The number of nitrogens with one attached hydrogen (secondary N) is 1. The molecule has 0 aliphatic carbocycles. The molecule has 4 aromatic rings. The molecule has 7 rings (SSSR count). The van der Waals surface area contributed by atoms with Crippen LogP contribution in [0.25, 0.3) is 10.9 Å². The zero-order valence-electron chi connectivity index (χ0n) is 28.1. The molecule has 0 atom stereocenters. The Morgan fingerprint density at radius 1 is 0.745 bits per heavy atom. The number of aromatic nitrogens is 1. The number of carbonyl (C=O) groups is 1. The van der Waals surface area contributed by atoms with Crippen LogP contribution in [-0.4, -0.2) is 109 Å². The second-order valence-corrected chi connectivity index (χ2v) is 13.4. The highest BCUT2D eigenvalue weighted by molar-refractivity contribution is 5.95. The molecule has 2 saturated heterocycles. The van der Waals surface area contributed by atoms with Gasteiger partial charge in [0.05, 0.1) is 0 Å². The first kappa shape index (κ1) is 31.5. The second kappa shape index (κ2) is 14.0. The number of fused-ring (bicyclic) bond motifs is 2. The summed E-state index contributed by atoms with van der Waals surface area (Å²) in [5, 5.41) is 4.87. The molecule has 1 N–H and O–H groups in total. The van der Waals surface area contributed by atoms with Gasteiger partial charge in [-0.2, -0.15) is 0 Å². The molecule has 3 aliphatic heterocycles. The molecule has 0 saturated carbocycles. The van der Waals surface area contributed by atoms with Gasteiger partial charge in [0.15, 0.2) is 11.5 Å². The fraction of sp³-hybridized carbons (Fsp3) is 0.447. The van der Waals surface area contributed by atoms with Gasteiger partial charge in [-0.1, -0.05) is 6.07 Å². The summed E-state index contributed by atoms with van der Waals surface area (Å²) in [5.74, 6) is 1.77. The third-order valence-corrected chi connectivity index (χ3v) is 10.3. The normalized spacial score (nSPS) is 17.5. The van der Waals surface area contributed by atoms with Crippen molar-refractivity contribution in [2.24, 2.45) is 0 Å². The number of hydrogen-bond acceptors (Lipinski definition) is 7. The Kier molecular flexibility index (Phi) is 9.38. The highest BCUT2D eigenvalue weighted by Gasteiger charge is 2.23. The molecule has 1 amide bonds. The van der Waals surface area contributed by atoms with Gasteiger partial charge in [0.25, 0.3) is 5.91 Å². The minimum absolute atomic E-state index is 0.105. The first-order valence-electron chi connectivity index (χ1n) is 17.2. The van der Waals surface area contributed by atoms with Crippen molar-refractivity contribution in [3.05, 3.63) is 83.0 Å². The molecule has 2 fully saturated rings. The topological polar surface area (TPSA) is 65.5 Å². The van der Waals surface area contributed by atoms with Crippen LogP contribution in [0.5, 0.6) is 11.5 Å². The summed E-state index contributed by atoms with van der Waals surface area (Å²) < 4.78 is 13.4. The Morgan fingerprint density at radius 2 is 1.45 bits per heavy atom. The SMILES string of the molecule is Cc1c(C)n(CCCN2CCN(C)CC2)c2ccc(Nc3ccc(C(=O)N4CCN(CCc5ccc6c(c5)OCO6)CC4)cc3)cc12. The number of piperazine rings is 2. The number of rotatable bonds is 10. The van der Waals surface area contributed by atoms with Crippen molar-refractivity contribution < 1.29 is 14.3 Å². The van der Waals surface area contributed by atoms with Crippen molar-refractivity contribution in [3.8, 4) is 11.5 Å². The molecular weight excluding hydrogens is 588 g/mol. The number of hydrogen-bond donors (Lipinski definition) is 1. The van der Waals surface area contributed by atoms with Crippen LogP contribution in [0.4, 0.5) is 11.4 Å². The predicted octanol–water partition coefficient (Wildman–Crippen LogP) is 5.37. The lowest BCUT2D eigenvalue weighted by molar-refractivity contribution is 0.0638. The van der Waals surface area contributed by atoms with E-state index in [4.69, 9.17) is 9.47 Å². The van der Waals surface area contributed by atoms with Gasteiger partial charge < -0.3 is 34.1 Å². The lowest BCUT2D eigenvalue weighted by Gasteiger charge is -2.34. The first-order valence-corrected chi connectivity index (χ1v) is 17.2. The third kappa shape index (κ3) is 7.12. The minimum atomic E-state index is 0.105. The van der Waals surface area contributed by atoms with E-state index in [1.807, 2.05) is 35.2 Å². The van der Waals surface area contributed by atoms with Crippen molar-refractivity contribution in [3.63, 3.8) is 0 Å². The number of benzene rings is 3. The molecular formula is C38H48N6O3. The Balaban J connectivity index is 0.903. The van der Waals surface area contributed by atoms with Crippen LogP contribution in [0.1, 0.15) is 33.6 Å². The highest BCUT2D eigenvalue weighted by atomic mass is 16.7. The van der Waals surface area contributed by atoms with Crippen molar-refractivity contribution in [2.45, 2.75) is 33.2 Å². The van der Waals surface area contributed by atoms with Gasteiger partial charge in [-0.25, -0.2) is 0 Å². The standard InChI is InChI=1S/C38H48N6O3/c1-28-29(2)44(15-4-14-41-19-17-40(3)18-20-41)35-11-10-33(26-34(28)35)39-32-8-6-31(7-9-32)38(45)43-23-21-42(22-24-43)16-13-30-5-12-36-37(25-30)47-27-46-36/h5-12,25-26,39H,4,13-24,27H2,1-3H3. The van der Waals surface area contributed by atoms with Gasteiger partial charge in [-0.15, -0.1) is 0 Å². The van der Waals surface area contributed by atoms with Crippen LogP contribution in [0.15, 0.2) is 60.7 Å². The lowest BCUT2D eigenvalue weighted by atomic mass is 10.1. The Labute approximate surface area is 278 Å². The fourth-order valence-electron chi connectivity index (χ4n) is 7.14. The molecule has 4 heterocycles. The smallest absolute Gasteiger partial charge is 0.253 e. The van der Waals surface area contributed by atoms with E-state index in [1.54, 1.807) is 0 Å². The molecule has 0 bridgehead atoms. The predicted molar refractivity (Wildman–Crippen MR) is 188 cm³/mol. The van der Waals surface area contributed by atoms with Crippen LogP contribution in [0, 0.1) is 13.8 Å².